The molecule has 2 aliphatic rings. The van der Waals surface area contributed by atoms with Crippen LogP contribution in [0.5, 0.6) is 0 Å². The van der Waals surface area contributed by atoms with Crippen LogP contribution >= 0.6 is 12.4 Å². The second-order valence-electron chi connectivity index (χ2n) is 6.12. The van der Waals surface area contributed by atoms with E-state index in [1.54, 1.807) is 0 Å². The van der Waals surface area contributed by atoms with Crippen molar-refractivity contribution in [2.45, 2.75) is 57.9 Å². The Morgan fingerprint density at radius 3 is 2.50 bits per heavy atom. The zero-order valence-electron chi connectivity index (χ0n) is 11.7. The number of rotatable bonds is 4. The summed E-state index contributed by atoms with van der Waals surface area (Å²) in [6.45, 7) is 5.93. The van der Waals surface area contributed by atoms with Gasteiger partial charge in [0.2, 0.25) is 5.91 Å². The van der Waals surface area contributed by atoms with Gasteiger partial charge in [-0.05, 0) is 45.4 Å². The molecule has 1 amide bonds. The molecule has 2 saturated carbocycles. The molecule has 2 unspecified atom stereocenters. The Morgan fingerprint density at radius 1 is 1.33 bits per heavy atom. The standard InChI is InChI=1S/C14H26N2O.ClH/c1-3-16(10-11-7-8-11)13(17)12-6-4-5-9-14(12,2)15;/h11-12H,3-10,15H2,1-2H3;1H. The Labute approximate surface area is 117 Å². The van der Waals surface area contributed by atoms with Gasteiger partial charge in [0.15, 0.2) is 0 Å². The molecule has 0 aliphatic heterocycles. The highest BCUT2D eigenvalue weighted by Crippen LogP contribution is 2.35. The van der Waals surface area contributed by atoms with Crippen LogP contribution in [-0.4, -0.2) is 29.4 Å². The minimum atomic E-state index is -0.285. The second-order valence-corrected chi connectivity index (χ2v) is 6.12. The maximum atomic E-state index is 12.6. The molecule has 0 bridgehead atoms. The number of hydrogen-bond acceptors (Lipinski definition) is 2. The van der Waals surface area contributed by atoms with E-state index in [-0.39, 0.29) is 23.9 Å². The molecule has 0 spiro atoms. The summed E-state index contributed by atoms with van der Waals surface area (Å²) in [5.41, 5.74) is 6.03. The Balaban J connectivity index is 0.00000162. The number of nitrogens with zero attached hydrogens (tertiary/aromatic N) is 1. The Morgan fingerprint density at radius 2 is 2.00 bits per heavy atom. The summed E-state index contributed by atoms with van der Waals surface area (Å²) >= 11 is 0. The molecule has 0 aromatic rings. The van der Waals surface area contributed by atoms with E-state index in [0.29, 0.717) is 5.91 Å². The molecule has 0 heterocycles. The lowest BCUT2D eigenvalue weighted by molar-refractivity contribution is -0.139. The van der Waals surface area contributed by atoms with E-state index in [1.165, 1.54) is 19.3 Å². The van der Waals surface area contributed by atoms with Crippen LogP contribution in [0.3, 0.4) is 0 Å². The van der Waals surface area contributed by atoms with E-state index >= 15 is 0 Å². The zero-order chi connectivity index (χ0) is 12.5. The lowest BCUT2D eigenvalue weighted by atomic mass is 9.74. The molecule has 2 atom stereocenters. The first kappa shape index (κ1) is 15.8. The van der Waals surface area contributed by atoms with Gasteiger partial charge in [-0.15, -0.1) is 12.4 Å². The average molecular weight is 275 g/mol. The van der Waals surface area contributed by atoms with Gasteiger partial charge in [0, 0.05) is 18.6 Å². The van der Waals surface area contributed by atoms with Crippen molar-refractivity contribution in [3.63, 3.8) is 0 Å². The Hall–Kier alpha value is -0.280. The summed E-state index contributed by atoms with van der Waals surface area (Å²) in [5.74, 6) is 1.13. The van der Waals surface area contributed by atoms with Crippen molar-refractivity contribution in [2.75, 3.05) is 13.1 Å². The average Bonchev–Trinajstić information content (AvgIpc) is 3.08. The third-order valence-corrected chi connectivity index (χ3v) is 4.42. The summed E-state index contributed by atoms with van der Waals surface area (Å²) in [7, 11) is 0. The molecule has 0 aromatic carbocycles. The fourth-order valence-corrected chi connectivity index (χ4v) is 2.97. The maximum absolute atomic E-state index is 12.6. The molecule has 18 heavy (non-hydrogen) atoms. The van der Waals surface area contributed by atoms with E-state index < -0.39 is 0 Å². The minimum absolute atomic E-state index is 0. The van der Waals surface area contributed by atoms with Crippen LogP contribution in [0.4, 0.5) is 0 Å². The lowest BCUT2D eigenvalue weighted by Gasteiger charge is -2.39. The largest absolute Gasteiger partial charge is 0.342 e. The molecule has 0 saturated heterocycles. The Bertz CT molecular complexity index is 290. The van der Waals surface area contributed by atoms with Gasteiger partial charge in [0.25, 0.3) is 0 Å². The van der Waals surface area contributed by atoms with Gasteiger partial charge in [-0.1, -0.05) is 12.8 Å². The van der Waals surface area contributed by atoms with Crippen molar-refractivity contribution in [3.8, 4) is 0 Å². The number of hydrogen-bond donors (Lipinski definition) is 1. The van der Waals surface area contributed by atoms with Crippen molar-refractivity contribution in [1.29, 1.82) is 0 Å². The number of halogens is 1. The topological polar surface area (TPSA) is 46.3 Å². The predicted octanol–water partition coefficient (Wildman–Crippen LogP) is 2.57. The lowest BCUT2D eigenvalue weighted by Crippen LogP contribution is -2.54. The maximum Gasteiger partial charge on any atom is 0.227 e. The Kier molecular flexibility index (Phi) is 5.47. The minimum Gasteiger partial charge on any atom is -0.342 e. The molecule has 106 valence electrons. The van der Waals surface area contributed by atoms with Crippen molar-refractivity contribution in [2.24, 2.45) is 17.6 Å². The third-order valence-electron chi connectivity index (χ3n) is 4.42. The SMILES string of the molecule is CCN(CC1CC1)C(=O)C1CCCCC1(C)N.Cl. The van der Waals surface area contributed by atoms with Crippen LogP contribution in [0, 0.1) is 11.8 Å². The van der Waals surface area contributed by atoms with Gasteiger partial charge < -0.3 is 10.6 Å². The summed E-state index contributed by atoms with van der Waals surface area (Å²) in [5, 5.41) is 0. The van der Waals surface area contributed by atoms with Gasteiger partial charge in [0.05, 0.1) is 5.92 Å². The summed E-state index contributed by atoms with van der Waals surface area (Å²) in [6, 6.07) is 0. The fraction of sp³-hybridized carbons (Fsp3) is 0.929. The first-order valence-electron chi connectivity index (χ1n) is 7.12. The molecule has 4 heteroatoms. The summed E-state index contributed by atoms with van der Waals surface area (Å²) < 4.78 is 0. The van der Waals surface area contributed by atoms with E-state index in [4.69, 9.17) is 5.73 Å². The number of nitrogens with two attached hydrogens (primary N) is 1. The van der Waals surface area contributed by atoms with Crippen LogP contribution in [0.1, 0.15) is 52.4 Å². The second kappa shape index (κ2) is 6.25. The van der Waals surface area contributed by atoms with Crippen LogP contribution < -0.4 is 5.73 Å². The fourth-order valence-electron chi connectivity index (χ4n) is 2.97. The quantitative estimate of drug-likeness (QED) is 0.856. The van der Waals surface area contributed by atoms with Gasteiger partial charge in [-0.25, -0.2) is 0 Å². The number of carbonyl (C=O) groups is 1. The first-order chi connectivity index (χ1) is 8.04. The normalized spacial score (nSPS) is 31.6. The van der Waals surface area contributed by atoms with E-state index in [2.05, 4.69) is 13.8 Å². The van der Waals surface area contributed by atoms with E-state index in [1.807, 2.05) is 4.90 Å². The molecule has 2 fully saturated rings. The monoisotopic (exact) mass is 274 g/mol. The number of amides is 1. The highest BCUT2D eigenvalue weighted by Gasteiger charge is 2.40. The van der Waals surface area contributed by atoms with E-state index in [9.17, 15) is 4.79 Å². The van der Waals surface area contributed by atoms with Crippen molar-refractivity contribution in [3.05, 3.63) is 0 Å². The third kappa shape index (κ3) is 3.61. The smallest absolute Gasteiger partial charge is 0.227 e. The first-order valence-corrected chi connectivity index (χ1v) is 7.12. The van der Waals surface area contributed by atoms with Crippen molar-refractivity contribution < 1.29 is 4.79 Å². The molecule has 2 N–H and O–H groups in total. The number of carbonyl (C=O) groups excluding carboxylic acids is 1. The van der Waals surface area contributed by atoms with Gasteiger partial charge in [0.1, 0.15) is 0 Å². The molecule has 2 aliphatic carbocycles. The molecular formula is C14H27ClN2O. The van der Waals surface area contributed by atoms with Crippen LogP contribution in [0.2, 0.25) is 0 Å². The van der Waals surface area contributed by atoms with Gasteiger partial charge in [-0.3, -0.25) is 4.79 Å². The van der Waals surface area contributed by atoms with E-state index in [0.717, 1.165) is 38.3 Å². The van der Waals surface area contributed by atoms with Crippen molar-refractivity contribution in [1.82, 2.24) is 4.90 Å². The predicted molar refractivity (Wildman–Crippen MR) is 76.8 cm³/mol. The summed E-state index contributed by atoms with van der Waals surface area (Å²) in [4.78, 5) is 14.6. The van der Waals surface area contributed by atoms with Gasteiger partial charge in [-0.2, -0.15) is 0 Å². The van der Waals surface area contributed by atoms with Crippen molar-refractivity contribution >= 4 is 18.3 Å². The highest BCUT2D eigenvalue weighted by molar-refractivity contribution is 5.85. The van der Waals surface area contributed by atoms with Gasteiger partial charge >= 0.3 is 0 Å². The molecule has 3 nitrogen and oxygen atoms in total. The molecule has 0 aromatic heterocycles. The van der Waals surface area contributed by atoms with Crippen LogP contribution in [-0.2, 0) is 4.79 Å². The van der Waals surface area contributed by atoms with Crippen LogP contribution in [0.25, 0.3) is 0 Å². The molecular weight excluding hydrogens is 248 g/mol. The summed E-state index contributed by atoms with van der Waals surface area (Å²) in [6.07, 6.45) is 6.90. The van der Waals surface area contributed by atoms with Crippen LogP contribution in [0.15, 0.2) is 0 Å². The highest BCUT2D eigenvalue weighted by atomic mass is 35.5. The zero-order valence-corrected chi connectivity index (χ0v) is 12.5. The molecule has 0 radical (unpaired) electrons. The molecule has 2 rings (SSSR count).